The summed E-state index contributed by atoms with van der Waals surface area (Å²) in [4.78, 5) is 4.59. The molecule has 1 atom stereocenters. The Morgan fingerprint density at radius 3 is 2.60 bits per heavy atom. The van der Waals surface area contributed by atoms with Crippen molar-refractivity contribution in [2.24, 2.45) is 0 Å². The third-order valence-corrected chi connectivity index (χ3v) is 5.39. The zero-order valence-corrected chi connectivity index (χ0v) is 11.2. The van der Waals surface area contributed by atoms with Crippen LogP contribution < -0.4 is 5.32 Å². The van der Waals surface area contributed by atoms with Crippen LogP contribution in [-0.4, -0.2) is 72.4 Å². The average molecular weight is 247 g/mol. The van der Waals surface area contributed by atoms with E-state index in [4.69, 9.17) is 0 Å². The quantitative estimate of drug-likeness (QED) is 0.524. The van der Waals surface area contributed by atoms with Crippen LogP contribution in [0.25, 0.3) is 0 Å². The third kappa shape index (κ3) is 2.81. The van der Waals surface area contributed by atoms with Crippen molar-refractivity contribution < 1.29 is 4.58 Å². The maximum atomic E-state index is 3.55. The summed E-state index contributed by atoms with van der Waals surface area (Å²) in [7, 11) is 10.2. The fourth-order valence-electron chi connectivity index (χ4n) is 1.61. The second kappa shape index (κ2) is 4.95. The number of piperazine rings is 1. The van der Waals surface area contributed by atoms with E-state index in [1.807, 2.05) is 21.6 Å². The lowest BCUT2D eigenvalue weighted by atomic mass is 10.4. The van der Waals surface area contributed by atoms with Crippen LogP contribution in [0.1, 0.15) is 0 Å². The normalized spacial score (nSPS) is 28.7. The van der Waals surface area contributed by atoms with Crippen LogP contribution in [0.15, 0.2) is 0 Å². The van der Waals surface area contributed by atoms with Crippen molar-refractivity contribution in [1.29, 1.82) is 0 Å². The molecule has 6 heteroatoms. The Balaban J connectivity index is 1.96. The van der Waals surface area contributed by atoms with Crippen LogP contribution in [0.5, 0.6) is 0 Å². The molecule has 1 N–H and O–H groups in total. The van der Waals surface area contributed by atoms with Crippen LogP contribution in [0.4, 0.5) is 0 Å². The van der Waals surface area contributed by atoms with E-state index in [2.05, 4.69) is 40.8 Å². The van der Waals surface area contributed by atoms with Crippen LogP contribution in [-0.2, 0) is 0 Å². The summed E-state index contributed by atoms with van der Waals surface area (Å²) in [6.45, 7) is 4.63. The number of hydrogen-bond donors (Lipinski definition) is 1. The molecule has 2 saturated heterocycles. The van der Waals surface area contributed by atoms with Gasteiger partial charge in [-0.05, 0) is 31.9 Å². The molecule has 86 valence electrons. The smallest absolute Gasteiger partial charge is 0.299 e. The molecule has 4 nitrogen and oxygen atoms in total. The number of likely N-dealkylation sites (N-methyl/N-ethyl adjacent to an activating group) is 1. The summed E-state index contributed by atoms with van der Waals surface area (Å²) in [6.07, 6.45) is 0. The highest BCUT2D eigenvalue weighted by Crippen LogP contribution is 2.33. The van der Waals surface area contributed by atoms with Crippen molar-refractivity contribution in [3.63, 3.8) is 0 Å². The van der Waals surface area contributed by atoms with Gasteiger partial charge in [0.1, 0.15) is 0 Å². The SMILES string of the molecule is CN1CC[N+](=C2NC(N(C)C)SS2)CC1. The minimum Gasteiger partial charge on any atom is -0.299 e. The standard InChI is InChI=1S/C9H18N4S2/c1-11(2)8-10-9(15-14-8)13-6-4-12(3)5-7-13/h8H,4-7H2,1-3H3/p+1. The first-order chi connectivity index (χ1) is 7.16. The molecule has 0 aromatic rings. The van der Waals surface area contributed by atoms with Gasteiger partial charge < -0.3 is 0 Å². The first-order valence-corrected chi connectivity index (χ1v) is 7.45. The van der Waals surface area contributed by atoms with E-state index in [9.17, 15) is 0 Å². The number of amidine groups is 1. The molecule has 0 aliphatic carbocycles. The van der Waals surface area contributed by atoms with E-state index in [1.165, 1.54) is 18.3 Å². The van der Waals surface area contributed by atoms with Crippen molar-refractivity contribution in [3.8, 4) is 0 Å². The van der Waals surface area contributed by atoms with Gasteiger partial charge in [-0.15, -0.1) is 0 Å². The minimum atomic E-state index is 0.421. The number of nitrogens with zero attached hydrogens (tertiary/aromatic N) is 3. The van der Waals surface area contributed by atoms with Gasteiger partial charge in [-0.1, -0.05) is 0 Å². The van der Waals surface area contributed by atoms with Crippen molar-refractivity contribution in [1.82, 2.24) is 15.1 Å². The molecule has 2 heterocycles. The Bertz CT molecular complexity index is 257. The zero-order chi connectivity index (χ0) is 10.8. The highest BCUT2D eigenvalue weighted by molar-refractivity contribution is 8.83. The highest BCUT2D eigenvalue weighted by atomic mass is 33.1. The van der Waals surface area contributed by atoms with E-state index >= 15 is 0 Å². The predicted octanol–water partition coefficient (Wildman–Crippen LogP) is 0.130. The van der Waals surface area contributed by atoms with Crippen molar-refractivity contribution in [3.05, 3.63) is 0 Å². The topological polar surface area (TPSA) is 21.5 Å². The maximum Gasteiger partial charge on any atom is 0.319 e. The van der Waals surface area contributed by atoms with Crippen LogP contribution in [0.2, 0.25) is 0 Å². The third-order valence-electron chi connectivity index (χ3n) is 2.72. The first-order valence-electron chi connectivity index (χ1n) is 5.23. The van der Waals surface area contributed by atoms with E-state index in [1.54, 1.807) is 0 Å². The molecular weight excluding hydrogens is 228 g/mol. The van der Waals surface area contributed by atoms with Crippen LogP contribution in [0, 0.1) is 0 Å². The van der Waals surface area contributed by atoms with Gasteiger partial charge in [0.25, 0.3) is 0 Å². The van der Waals surface area contributed by atoms with Crippen molar-refractivity contribution in [2.75, 3.05) is 47.3 Å². The molecular formula is C9H19N4S2+. The van der Waals surface area contributed by atoms with E-state index in [0.717, 1.165) is 13.1 Å². The maximum absolute atomic E-state index is 3.55. The van der Waals surface area contributed by atoms with Gasteiger partial charge >= 0.3 is 5.17 Å². The lowest BCUT2D eigenvalue weighted by molar-refractivity contribution is -0.538. The summed E-state index contributed by atoms with van der Waals surface area (Å²) in [6, 6.07) is 0. The van der Waals surface area contributed by atoms with Gasteiger partial charge in [0.15, 0.2) is 0 Å². The Hall–Kier alpha value is 0.0900. The number of rotatable bonds is 1. The molecule has 0 aromatic carbocycles. The van der Waals surface area contributed by atoms with Crippen molar-refractivity contribution in [2.45, 2.75) is 5.50 Å². The van der Waals surface area contributed by atoms with Gasteiger partial charge in [-0.3, -0.25) is 14.4 Å². The summed E-state index contributed by atoms with van der Waals surface area (Å²) in [5.41, 5.74) is 0.421. The highest BCUT2D eigenvalue weighted by Gasteiger charge is 2.32. The molecule has 2 rings (SSSR count). The molecule has 2 aliphatic heterocycles. The predicted molar refractivity (Wildman–Crippen MR) is 68.3 cm³/mol. The molecule has 0 aromatic heterocycles. The average Bonchev–Trinajstić information content (AvgIpc) is 2.68. The first kappa shape index (κ1) is 11.6. The lowest BCUT2D eigenvalue weighted by Gasteiger charge is -2.23. The number of nitrogens with one attached hydrogen (secondary N) is 1. The van der Waals surface area contributed by atoms with E-state index < -0.39 is 0 Å². The molecule has 2 fully saturated rings. The molecule has 0 radical (unpaired) electrons. The Morgan fingerprint density at radius 2 is 2.07 bits per heavy atom. The molecule has 2 aliphatic rings. The van der Waals surface area contributed by atoms with Gasteiger partial charge in [0.2, 0.25) is 5.50 Å². The molecule has 0 saturated carbocycles. The monoisotopic (exact) mass is 247 g/mol. The fraction of sp³-hybridized carbons (Fsp3) is 0.889. The van der Waals surface area contributed by atoms with Gasteiger partial charge in [-0.25, -0.2) is 5.32 Å². The summed E-state index contributed by atoms with van der Waals surface area (Å²) < 4.78 is 2.46. The number of hydrogen-bond acceptors (Lipinski definition) is 4. The Kier molecular flexibility index (Phi) is 3.82. The van der Waals surface area contributed by atoms with Gasteiger partial charge in [0.05, 0.1) is 13.1 Å². The van der Waals surface area contributed by atoms with Gasteiger partial charge in [0, 0.05) is 23.9 Å². The summed E-state index contributed by atoms with van der Waals surface area (Å²) in [5, 5.41) is 4.89. The Morgan fingerprint density at radius 1 is 1.40 bits per heavy atom. The van der Waals surface area contributed by atoms with Gasteiger partial charge in [-0.2, -0.15) is 0 Å². The molecule has 1 unspecified atom stereocenters. The van der Waals surface area contributed by atoms with Crippen LogP contribution >= 0.6 is 21.6 Å². The zero-order valence-electron chi connectivity index (χ0n) is 9.56. The fourth-order valence-corrected chi connectivity index (χ4v) is 4.32. The van der Waals surface area contributed by atoms with Crippen LogP contribution in [0.3, 0.4) is 0 Å². The minimum absolute atomic E-state index is 0.421. The molecule has 0 bridgehead atoms. The largest absolute Gasteiger partial charge is 0.319 e. The van der Waals surface area contributed by atoms with E-state index in [0.29, 0.717) is 5.50 Å². The second-order valence-electron chi connectivity index (χ2n) is 4.24. The van der Waals surface area contributed by atoms with Crippen molar-refractivity contribution >= 4 is 26.8 Å². The molecule has 0 spiro atoms. The molecule has 0 amide bonds. The summed E-state index contributed by atoms with van der Waals surface area (Å²) >= 11 is 0. The molecule has 15 heavy (non-hydrogen) atoms. The second-order valence-corrected chi connectivity index (χ2v) is 6.51. The Labute approximate surface area is 99.5 Å². The van der Waals surface area contributed by atoms with E-state index in [-0.39, 0.29) is 0 Å². The lowest BCUT2D eigenvalue weighted by Crippen LogP contribution is -2.45. The summed E-state index contributed by atoms with van der Waals surface area (Å²) in [5.74, 6) is 0.